The molecule has 0 atom stereocenters. The van der Waals surface area contributed by atoms with E-state index in [0.29, 0.717) is 12.5 Å². The topological polar surface area (TPSA) is 60.0 Å². The highest BCUT2D eigenvalue weighted by molar-refractivity contribution is 5.45. The Morgan fingerprint density at radius 1 is 1.33 bits per heavy atom. The summed E-state index contributed by atoms with van der Waals surface area (Å²) in [5, 5.41) is 11.7. The van der Waals surface area contributed by atoms with E-state index in [0.717, 1.165) is 11.3 Å². The fourth-order valence-corrected chi connectivity index (χ4v) is 1.80. The predicted octanol–water partition coefficient (Wildman–Crippen LogP) is 1.38. The van der Waals surface area contributed by atoms with Crippen molar-refractivity contribution in [3.05, 3.63) is 41.9 Å². The van der Waals surface area contributed by atoms with Crippen LogP contribution in [0.4, 0.5) is 5.95 Å². The molecule has 0 unspecified atom stereocenters. The van der Waals surface area contributed by atoms with E-state index in [9.17, 15) is 0 Å². The average Bonchev–Trinajstić information content (AvgIpc) is 2.92. The minimum absolute atomic E-state index is 0.627. The van der Waals surface area contributed by atoms with E-state index in [2.05, 4.69) is 20.5 Å². The van der Waals surface area contributed by atoms with Crippen LogP contribution in [0.5, 0.6) is 0 Å². The zero-order chi connectivity index (χ0) is 12.5. The standard InChI is InChI=1S/C12H14N6/c1-9-4-6-18-11(7-9)15-12(16-18)13-8-10-3-5-14-17(10)2/h3-7H,8H2,1-2H3,(H,13,16). The SMILES string of the molecule is Cc1ccn2nc(NCc3ccnn3C)nc2c1. The van der Waals surface area contributed by atoms with Crippen LogP contribution in [0.3, 0.4) is 0 Å². The maximum absolute atomic E-state index is 4.41. The van der Waals surface area contributed by atoms with Gasteiger partial charge in [0.1, 0.15) is 0 Å². The van der Waals surface area contributed by atoms with E-state index < -0.39 is 0 Å². The van der Waals surface area contributed by atoms with Gasteiger partial charge in [-0.3, -0.25) is 4.68 Å². The maximum Gasteiger partial charge on any atom is 0.243 e. The van der Waals surface area contributed by atoms with Gasteiger partial charge in [0.15, 0.2) is 5.65 Å². The van der Waals surface area contributed by atoms with Crippen molar-refractivity contribution < 1.29 is 0 Å². The fourth-order valence-electron chi connectivity index (χ4n) is 1.80. The lowest BCUT2D eigenvalue weighted by Gasteiger charge is -2.01. The second-order valence-electron chi connectivity index (χ2n) is 4.24. The number of hydrogen-bond donors (Lipinski definition) is 1. The summed E-state index contributed by atoms with van der Waals surface area (Å²) in [6.45, 7) is 2.70. The zero-order valence-corrected chi connectivity index (χ0v) is 10.3. The van der Waals surface area contributed by atoms with Crippen molar-refractivity contribution >= 4 is 11.6 Å². The number of aromatic nitrogens is 5. The highest BCUT2D eigenvalue weighted by Crippen LogP contribution is 2.08. The summed E-state index contributed by atoms with van der Waals surface area (Å²) in [6.07, 6.45) is 3.68. The predicted molar refractivity (Wildman–Crippen MR) is 68.3 cm³/mol. The van der Waals surface area contributed by atoms with Gasteiger partial charge < -0.3 is 5.32 Å². The van der Waals surface area contributed by atoms with Gasteiger partial charge in [0, 0.05) is 19.4 Å². The molecule has 0 spiro atoms. The van der Waals surface area contributed by atoms with Crippen LogP contribution in [0.1, 0.15) is 11.3 Å². The third kappa shape index (κ3) is 1.92. The number of fused-ring (bicyclic) bond motifs is 1. The molecule has 0 aliphatic rings. The van der Waals surface area contributed by atoms with Gasteiger partial charge in [0.2, 0.25) is 5.95 Å². The van der Waals surface area contributed by atoms with Gasteiger partial charge in [0.05, 0.1) is 12.2 Å². The molecule has 3 rings (SSSR count). The van der Waals surface area contributed by atoms with Gasteiger partial charge in [-0.15, -0.1) is 5.10 Å². The lowest BCUT2D eigenvalue weighted by Crippen LogP contribution is -2.06. The lowest BCUT2D eigenvalue weighted by atomic mass is 10.3. The third-order valence-corrected chi connectivity index (χ3v) is 2.84. The van der Waals surface area contributed by atoms with Gasteiger partial charge >= 0.3 is 0 Å². The van der Waals surface area contributed by atoms with Crippen LogP contribution in [0.15, 0.2) is 30.6 Å². The maximum atomic E-state index is 4.41. The number of hydrogen-bond acceptors (Lipinski definition) is 4. The van der Waals surface area contributed by atoms with Crippen LogP contribution < -0.4 is 5.32 Å². The highest BCUT2D eigenvalue weighted by atomic mass is 15.3. The molecule has 0 fully saturated rings. The zero-order valence-electron chi connectivity index (χ0n) is 10.3. The molecule has 0 saturated heterocycles. The molecule has 0 aromatic carbocycles. The van der Waals surface area contributed by atoms with Crippen molar-refractivity contribution in [1.82, 2.24) is 24.4 Å². The molecule has 6 nitrogen and oxygen atoms in total. The van der Waals surface area contributed by atoms with Crippen LogP contribution >= 0.6 is 0 Å². The summed E-state index contributed by atoms with van der Waals surface area (Å²) < 4.78 is 3.59. The van der Waals surface area contributed by atoms with E-state index >= 15 is 0 Å². The summed E-state index contributed by atoms with van der Waals surface area (Å²) >= 11 is 0. The van der Waals surface area contributed by atoms with Crippen molar-refractivity contribution in [1.29, 1.82) is 0 Å². The molecular weight excluding hydrogens is 228 g/mol. The second-order valence-corrected chi connectivity index (χ2v) is 4.24. The average molecular weight is 242 g/mol. The Kier molecular flexibility index (Phi) is 2.47. The van der Waals surface area contributed by atoms with Crippen molar-refractivity contribution in [3.8, 4) is 0 Å². The summed E-state index contributed by atoms with van der Waals surface area (Å²) in [7, 11) is 1.91. The quantitative estimate of drug-likeness (QED) is 0.754. The molecule has 0 aliphatic carbocycles. The van der Waals surface area contributed by atoms with Gasteiger partial charge in [0.25, 0.3) is 0 Å². The number of nitrogens with zero attached hydrogens (tertiary/aromatic N) is 5. The smallest absolute Gasteiger partial charge is 0.243 e. The molecule has 92 valence electrons. The summed E-state index contributed by atoms with van der Waals surface area (Å²) in [5.74, 6) is 0.627. The first-order valence-electron chi connectivity index (χ1n) is 5.76. The fraction of sp³-hybridized carbons (Fsp3) is 0.250. The Bertz CT molecular complexity index is 681. The molecule has 0 saturated carbocycles. The monoisotopic (exact) mass is 242 g/mol. The molecular formula is C12H14N6. The molecule has 3 aromatic heterocycles. The molecule has 0 amide bonds. The minimum Gasteiger partial charge on any atom is -0.347 e. The van der Waals surface area contributed by atoms with Crippen LogP contribution in [0, 0.1) is 6.92 Å². The van der Waals surface area contributed by atoms with Crippen LogP contribution in [-0.2, 0) is 13.6 Å². The first-order valence-corrected chi connectivity index (χ1v) is 5.76. The van der Waals surface area contributed by atoms with Crippen molar-refractivity contribution in [2.24, 2.45) is 7.05 Å². The Hall–Kier alpha value is -2.37. The number of nitrogens with one attached hydrogen (secondary N) is 1. The summed E-state index contributed by atoms with van der Waals surface area (Å²) in [5.41, 5.74) is 3.11. The van der Waals surface area contributed by atoms with E-state index in [1.165, 1.54) is 5.56 Å². The molecule has 0 radical (unpaired) electrons. The number of anilines is 1. The van der Waals surface area contributed by atoms with E-state index in [4.69, 9.17) is 0 Å². The second kappa shape index (κ2) is 4.14. The van der Waals surface area contributed by atoms with E-state index in [-0.39, 0.29) is 0 Å². The normalized spacial score (nSPS) is 11.0. The Morgan fingerprint density at radius 2 is 2.22 bits per heavy atom. The van der Waals surface area contributed by atoms with Crippen molar-refractivity contribution in [2.45, 2.75) is 13.5 Å². The molecule has 6 heteroatoms. The summed E-state index contributed by atoms with van der Waals surface area (Å²) in [4.78, 5) is 4.41. The van der Waals surface area contributed by atoms with Crippen molar-refractivity contribution in [2.75, 3.05) is 5.32 Å². The van der Waals surface area contributed by atoms with E-state index in [1.54, 1.807) is 10.7 Å². The largest absolute Gasteiger partial charge is 0.347 e. The van der Waals surface area contributed by atoms with Crippen LogP contribution in [0.25, 0.3) is 5.65 Å². The van der Waals surface area contributed by atoms with Crippen LogP contribution in [0.2, 0.25) is 0 Å². The van der Waals surface area contributed by atoms with Gasteiger partial charge in [-0.1, -0.05) is 0 Å². The Labute approximate surface area is 104 Å². The third-order valence-electron chi connectivity index (χ3n) is 2.84. The Morgan fingerprint density at radius 3 is 3.00 bits per heavy atom. The van der Waals surface area contributed by atoms with Crippen molar-refractivity contribution in [3.63, 3.8) is 0 Å². The molecule has 18 heavy (non-hydrogen) atoms. The molecule has 1 N–H and O–H groups in total. The summed E-state index contributed by atoms with van der Waals surface area (Å²) in [6, 6.07) is 5.97. The molecule has 3 heterocycles. The first kappa shape index (κ1) is 10.8. The number of pyridine rings is 1. The molecule has 0 aliphatic heterocycles. The van der Waals surface area contributed by atoms with Crippen LogP contribution in [-0.4, -0.2) is 24.4 Å². The first-order chi connectivity index (χ1) is 8.72. The van der Waals surface area contributed by atoms with Gasteiger partial charge in [-0.05, 0) is 30.7 Å². The molecule has 3 aromatic rings. The van der Waals surface area contributed by atoms with Gasteiger partial charge in [-0.25, -0.2) is 4.52 Å². The number of rotatable bonds is 3. The van der Waals surface area contributed by atoms with E-state index in [1.807, 2.05) is 43.0 Å². The molecule has 0 bridgehead atoms. The lowest BCUT2D eigenvalue weighted by molar-refractivity contribution is 0.719. The highest BCUT2D eigenvalue weighted by Gasteiger charge is 2.04. The Balaban J connectivity index is 1.81. The number of aryl methyl sites for hydroxylation is 2. The minimum atomic E-state index is 0.627. The van der Waals surface area contributed by atoms with Gasteiger partial charge in [-0.2, -0.15) is 10.1 Å².